The van der Waals surface area contributed by atoms with Crippen LogP contribution >= 0.6 is 0 Å². The molecule has 0 heterocycles. The molecular weight excluding hydrogens is 342 g/mol. The third kappa shape index (κ3) is 4.00. The molecule has 0 fully saturated rings. The monoisotopic (exact) mass is 361 g/mol. The summed E-state index contributed by atoms with van der Waals surface area (Å²) in [6, 6.07) is 19.6. The number of nitro groups is 1. The molecule has 6 heteroatoms. The van der Waals surface area contributed by atoms with E-state index in [4.69, 9.17) is 0 Å². The van der Waals surface area contributed by atoms with Crippen LogP contribution in [0.1, 0.15) is 29.5 Å². The fraction of sp³-hybridized carbons (Fsp3) is 0.143. The summed E-state index contributed by atoms with van der Waals surface area (Å²) in [5, 5.41) is 29.9. The first-order valence-electron chi connectivity index (χ1n) is 8.51. The van der Waals surface area contributed by atoms with Gasteiger partial charge in [0.2, 0.25) is 0 Å². The minimum absolute atomic E-state index is 0.0271. The van der Waals surface area contributed by atoms with Gasteiger partial charge in [0.05, 0.1) is 4.92 Å². The largest absolute Gasteiger partial charge is 0.505 e. The molecule has 0 aliphatic carbocycles. The van der Waals surface area contributed by atoms with Crippen LogP contribution in [0.4, 0.5) is 17.1 Å². The number of nitrogens with zero attached hydrogens (tertiary/aromatic N) is 3. The molecule has 0 bridgehead atoms. The first-order valence-corrected chi connectivity index (χ1v) is 8.51. The molecule has 3 aromatic carbocycles. The number of hydrogen-bond donors (Lipinski definition) is 1. The Morgan fingerprint density at radius 1 is 0.963 bits per heavy atom. The zero-order valence-corrected chi connectivity index (χ0v) is 15.0. The third-order valence-corrected chi connectivity index (χ3v) is 4.37. The Hall–Kier alpha value is -3.54. The van der Waals surface area contributed by atoms with Crippen molar-refractivity contribution in [2.75, 3.05) is 0 Å². The average molecular weight is 361 g/mol. The Morgan fingerprint density at radius 3 is 2.30 bits per heavy atom. The van der Waals surface area contributed by atoms with Crippen LogP contribution in [0.15, 0.2) is 77.0 Å². The van der Waals surface area contributed by atoms with Crippen LogP contribution in [0, 0.1) is 17.0 Å². The summed E-state index contributed by atoms with van der Waals surface area (Å²) in [6.45, 7) is 3.91. The molecule has 0 radical (unpaired) electrons. The fourth-order valence-corrected chi connectivity index (χ4v) is 2.93. The van der Waals surface area contributed by atoms with Crippen LogP contribution in [-0.4, -0.2) is 10.0 Å². The molecule has 3 rings (SSSR count). The lowest BCUT2D eigenvalue weighted by Crippen LogP contribution is -1.97. The summed E-state index contributed by atoms with van der Waals surface area (Å²) in [6.07, 6.45) is 0. The number of aryl methyl sites for hydroxylation is 1. The van der Waals surface area contributed by atoms with Gasteiger partial charge < -0.3 is 5.11 Å². The molecule has 6 nitrogen and oxygen atoms in total. The average Bonchev–Trinajstić information content (AvgIpc) is 2.68. The van der Waals surface area contributed by atoms with E-state index in [0.29, 0.717) is 0 Å². The predicted octanol–water partition coefficient (Wildman–Crippen LogP) is 6.18. The van der Waals surface area contributed by atoms with Gasteiger partial charge in [0, 0.05) is 17.5 Å². The standard InChI is InChI=1S/C21H19N3O3/c1-14-12-17(15(2)16-8-4-3-5-9-16)21(25)19(13-14)23-22-18-10-6-7-11-20(18)24(26)27/h3-13,15,25H,1-2H3/b23-22+. The fourth-order valence-electron chi connectivity index (χ4n) is 2.93. The Bertz CT molecular complexity index is 1000. The van der Waals surface area contributed by atoms with E-state index in [-0.39, 0.29) is 28.7 Å². The minimum atomic E-state index is -0.507. The van der Waals surface area contributed by atoms with E-state index in [1.54, 1.807) is 18.2 Å². The van der Waals surface area contributed by atoms with Crippen molar-refractivity contribution >= 4 is 17.1 Å². The summed E-state index contributed by atoms with van der Waals surface area (Å²) in [7, 11) is 0. The Balaban J connectivity index is 2.01. The second-order valence-electron chi connectivity index (χ2n) is 6.30. The normalized spacial score (nSPS) is 12.2. The van der Waals surface area contributed by atoms with Crippen molar-refractivity contribution in [3.8, 4) is 5.75 Å². The van der Waals surface area contributed by atoms with Gasteiger partial charge in [0.25, 0.3) is 5.69 Å². The number of hydrogen-bond acceptors (Lipinski definition) is 5. The summed E-state index contributed by atoms with van der Waals surface area (Å²) in [5.74, 6) is -0.00889. The lowest BCUT2D eigenvalue weighted by atomic mass is 9.91. The molecule has 136 valence electrons. The van der Waals surface area contributed by atoms with Crippen LogP contribution in [0.2, 0.25) is 0 Å². The molecule has 1 atom stereocenters. The third-order valence-electron chi connectivity index (χ3n) is 4.37. The van der Waals surface area contributed by atoms with Crippen LogP contribution in [-0.2, 0) is 0 Å². The molecule has 27 heavy (non-hydrogen) atoms. The van der Waals surface area contributed by atoms with Crippen molar-refractivity contribution in [1.82, 2.24) is 0 Å². The number of phenols is 1. The van der Waals surface area contributed by atoms with Gasteiger partial charge in [-0.2, -0.15) is 0 Å². The number of azo groups is 1. The highest BCUT2D eigenvalue weighted by atomic mass is 16.6. The van der Waals surface area contributed by atoms with Crippen molar-refractivity contribution in [1.29, 1.82) is 0 Å². The first-order chi connectivity index (χ1) is 13.0. The van der Waals surface area contributed by atoms with Crippen LogP contribution in [0.3, 0.4) is 0 Å². The van der Waals surface area contributed by atoms with Gasteiger partial charge in [0.15, 0.2) is 5.69 Å². The molecule has 1 N–H and O–H groups in total. The molecule has 0 aromatic heterocycles. The Labute approximate surface area is 157 Å². The van der Waals surface area contributed by atoms with E-state index in [9.17, 15) is 15.2 Å². The van der Waals surface area contributed by atoms with Crippen molar-refractivity contribution in [3.05, 3.63) is 93.5 Å². The summed E-state index contributed by atoms with van der Waals surface area (Å²) >= 11 is 0. The highest BCUT2D eigenvalue weighted by Crippen LogP contribution is 2.39. The molecule has 1 unspecified atom stereocenters. The van der Waals surface area contributed by atoms with E-state index >= 15 is 0 Å². The number of benzene rings is 3. The number of nitro benzene ring substituents is 1. The number of para-hydroxylation sites is 1. The van der Waals surface area contributed by atoms with Gasteiger partial charge in [-0.25, -0.2) is 0 Å². The molecule has 0 aliphatic rings. The van der Waals surface area contributed by atoms with Gasteiger partial charge in [0.1, 0.15) is 11.4 Å². The van der Waals surface area contributed by atoms with Crippen molar-refractivity contribution in [3.63, 3.8) is 0 Å². The maximum absolute atomic E-state index is 11.1. The highest BCUT2D eigenvalue weighted by molar-refractivity contribution is 5.61. The Kier molecular flexibility index (Phi) is 5.26. The molecular formula is C21H19N3O3. The second kappa shape index (κ2) is 7.78. The summed E-state index contributed by atoms with van der Waals surface area (Å²) in [5.41, 5.74) is 3.01. The highest BCUT2D eigenvalue weighted by Gasteiger charge is 2.17. The minimum Gasteiger partial charge on any atom is -0.505 e. The summed E-state index contributed by atoms with van der Waals surface area (Å²) in [4.78, 5) is 10.6. The predicted molar refractivity (Wildman–Crippen MR) is 104 cm³/mol. The SMILES string of the molecule is Cc1cc(/N=N/c2ccccc2[N+](=O)[O-])c(O)c(C(C)c2ccccc2)c1. The van der Waals surface area contributed by atoms with E-state index in [1.165, 1.54) is 12.1 Å². The van der Waals surface area contributed by atoms with Gasteiger partial charge in [-0.15, -0.1) is 10.2 Å². The summed E-state index contributed by atoms with van der Waals surface area (Å²) < 4.78 is 0. The first kappa shape index (κ1) is 18.3. The van der Waals surface area contributed by atoms with Gasteiger partial charge in [-0.3, -0.25) is 10.1 Å². The number of phenolic OH excluding ortho intramolecular Hbond substituents is 1. The molecule has 3 aromatic rings. The quantitative estimate of drug-likeness (QED) is 0.334. The zero-order valence-electron chi connectivity index (χ0n) is 15.0. The van der Waals surface area contributed by atoms with E-state index in [2.05, 4.69) is 10.2 Å². The van der Waals surface area contributed by atoms with Gasteiger partial charge in [-0.1, -0.05) is 55.5 Å². The van der Waals surface area contributed by atoms with Crippen molar-refractivity contribution in [2.24, 2.45) is 10.2 Å². The van der Waals surface area contributed by atoms with Crippen molar-refractivity contribution < 1.29 is 10.0 Å². The number of rotatable bonds is 5. The lowest BCUT2D eigenvalue weighted by molar-refractivity contribution is -0.384. The molecule has 0 amide bonds. The molecule has 0 spiro atoms. The lowest BCUT2D eigenvalue weighted by Gasteiger charge is -2.16. The van der Waals surface area contributed by atoms with Crippen LogP contribution < -0.4 is 0 Å². The topological polar surface area (TPSA) is 88.1 Å². The maximum Gasteiger partial charge on any atom is 0.296 e. The molecule has 0 saturated carbocycles. The van der Waals surface area contributed by atoms with Gasteiger partial charge in [-0.05, 0) is 30.2 Å². The van der Waals surface area contributed by atoms with Crippen molar-refractivity contribution in [2.45, 2.75) is 19.8 Å². The number of aromatic hydroxyl groups is 1. The van der Waals surface area contributed by atoms with Crippen LogP contribution in [0.5, 0.6) is 5.75 Å². The zero-order chi connectivity index (χ0) is 19.4. The molecule has 0 saturated heterocycles. The maximum atomic E-state index is 11.1. The van der Waals surface area contributed by atoms with E-state index < -0.39 is 4.92 Å². The molecule has 0 aliphatic heterocycles. The van der Waals surface area contributed by atoms with E-state index in [1.807, 2.05) is 50.2 Å². The van der Waals surface area contributed by atoms with Gasteiger partial charge >= 0.3 is 0 Å². The second-order valence-corrected chi connectivity index (χ2v) is 6.30. The van der Waals surface area contributed by atoms with Crippen LogP contribution in [0.25, 0.3) is 0 Å². The Morgan fingerprint density at radius 2 is 1.59 bits per heavy atom. The smallest absolute Gasteiger partial charge is 0.296 e. The van der Waals surface area contributed by atoms with E-state index in [0.717, 1.165) is 16.7 Å².